The van der Waals surface area contributed by atoms with Crippen LogP contribution < -0.4 is 0 Å². The van der Waals surface area contributed by atoms with Crippen molar-refractivity contribution in [3.8, 4) is 0 Å². The second-order valence-electron chi connectivity index (χ2n) is 5.15. The topological polar surface area (TPSA) is 67.9 Å². The SMILES string of the molecule is CC1C[N-]c2ccc3c(S(=O)N(C)C)cccc3c21.[NH2-].[Y]. The van der Waals surface area contributed by atoms with E-state index in [2.05, 4.69) is 24.4 Å². The maximum atomic E-state index is 12.4. The van der Waals surface area contributed by atoms with Crippen LogP contribution in [0.25, 0.3) is 22.2 Å². The molecular weight excluding hydrogens is 359 g/mol. The zero-order valence-electron chi connectivity index (χ0n) is 12.5. The summed E-state index contributed by atoms with van der Waals surface area (Å²) in [5.74, 6) is 0.446. The summed E-state index contributed by atoms with van der Waals surface area (Å²) in [4.78, 5) is 0.879. The molecule has 6 heteroatoms. The summed E-state index contributed by atoms with van der Waals surface area (Å²) in [6.07, 6.45) is 0. The molecule has 1 aliphatic rings. The van der Waals surface area contributed by atoms with Crippen LogP contribution in [0.4, 0.5) is 5.69 Å². The molecule has 0 saturated carbocycles. The summed E-state index contributed by atoms with van der Waals surface area (Å²) in [6, 6.07) is 10.2. The zero-order chi connectivity index (χ0) is 13.6. The first-order chi connectivity index (χ1) is 9.09. The first kappa shape index (κ1) is 18.7. The molecule has 0 bridgehead atoms. The van der Waals surface area contributed by atoms with Crippen LogP contribution in [0.2, 0.25) is 0 Å². The van der Waals surface area contributed by atoms with Gasteiger partial charge in [0, 0.05) is 32.7 Å². The van der Waals surface area contributed by atoms with Gasteiger partial charge in [-0.3, -0.25) is 0 Å². The Kier molecular flexibility index (Phi) is 6.50. The smallest absolute Gasteiger partial charge is 0.127 e. The third-order valence-corrected chi connectivity index (χ3v) is 4.98. The Hall–Kier alpha value is -0.326. The Labute approximate surface area is 153 Å². The van der Waals surface area contributed by atoms with Crippen molar-refractivity contribution in [2.75, 3.05) is 20.6 Å². The Morgan fingerprint density at radius 1 is 1.19 bits per heavy atom. The van der Waals surface area contributed by atoms with E-state index < -0.39 is 11.0 Å². The molecule has 2 aromatic carbocycles. The van der Waals surface area contributed by atoms with E-state index in [0.29, 0.717) is 5.92 Å². The van der Waals surface area contributed by atoms with Crippen LogP contribution in [-0.2, 0) is 43.7 Å². The molecular formula is C15H19N3OSY-2. The van der Waals surface area contributed by atoms with Crippen molar-refractivity contribution in [1.82, 2.24) is 4.31 Å². The minimum absolute atomic E-state index is 0. The van der Waals surface area contributed by atoms with Crippen LogP contribution in [0, 0.1) is 0 Å². The predicted molar refractivity (Wildman–Crippen MR) is 85.6 cm³/mol. The Morgan fingerprint density at radius 2 is 1.90 bits per heavy atom. The summed E-state index contributed by atoms with van der Waals surface area (Å²) in [7, 11) is 2.55. The van der Waals surface area contributed by atoms with Gasteiger partial charge >= 0.3 is 0 Å². The molecule has 4 nitrogen and oxygen atoms in total. The van der Waals surface area contributed by atoms with Gasteiger partial charge < -0.3 is 11.5 Å². The van der Waals surface area contributed by atoms with Crippen LogP contribution in [-0.4, -0.2) is 29.2 Å². The molecule has 2 atom stereocenters. The molecule has 2 unspecified atom stereocenters. The number of nitrogens with zero attached hydrogens (tertiary/aromatic N) is 2. The van der Waals surface area contributed by atoms with Crippen molar-refractivity contribution in [3.05, 3.63) is 47.4 Å². The largest absolute Gasteiger partial charge is 0.693 e. The van der Waals surface area contributed by atoms with E-state index in [0.717, 1.165) is 22.5 Å². The zero-order valence-corrected chi connectivity index (χ0v) is 16.2. The monoisotopic (exact) mass is 378 g/mol. The van der Waals surface area contributed by atoms with Gasteiger partial charge in [0.25, 0.3) is 0 Å². The van der Waals surface area contributed by atoms with Gasteiger partial charge in [0.05, 0.1) is 4.90 Å². The third kappa shape index (κ3) is 3.22. The van der Waals surface area contributed by atoms with Gasteiger partial charge in [-0.25, -0.2) is 8.51 Å². The molecule has 3 rings (SSSR count). The molecule has 0 fully saturated rings. The quantitative estimate of drug-likeness (QED) is 0.770. The van der Waals surface area contributed by atoms with Crippen LogP contribution in [0.15, 0.2) is 35.2 Å². The number of benzene rings is 2. The van der Waals surface area contributed by atoms with Crippen LogP contribution in [0.5, 0.6) is 0 Å². The van der Waals surface area contributed by atoms with E-state index >= 15 is 0 Å². The van der Waals surface area contributed by atoms with Gasteiger partial charge in [-0.05, 0) is 36.9 Å². The van der Waals surface area contributed by atoms with Gasteiger partial charge in [0.15, 0.2) is 0 Å². The molecule has 0 saturated heterocycles. The molecule has 2 N–H and O–H groups in total. The normalized spacial score (nSPS) is 17.6. The Morgan fingerprint density at radius 3 is 2.57 bits per heavy atom. The van der Waals surface area contributed by atoms with Gasteiger partial charge in [-0.15, -0.1) is 12.2 Å². The number of hydrogen-bond donors (Lipinski definition) is 0. The van der Waals surface area contributed by atoms with E-state index in [9.17, 15) is 4.21 Å². The van der Waals surface area contributed by atoms with E-state index in [1.807, 2.05) is 32.3 Å². The maximum Gasteiger partial charge on any atom is 0.127 e. The fourth-order valence-corrected chi connectivity index (χ4v) is 3.63. The fraction of sp³-hybridized carbons (Fsp3) is 0.333. The minimum atomic E-state index is -1.11. The number of nitrogens with two attached hydrogens (primary N) is 1. The Bertz CT molecular complexity index is 675. The standard InChI is InChI=1S/C15H17N2OS.H2N.Y/c1-10-9-16-13-8-7-11-12(15(10)13)5-4-6-14(11)19(18)17(2)3;;/h4-8,10H,9H2,1-3H3;1H2;/q2*-1;. The van der Waals surface area contributed by atoms with Crippen molar-refractivity contribution >= 4 is 27.4 Å². The molecule has 0 aromatic heterocycles. The molecule has 1 radical (unpaired) electrons. The molecule has 0 amide bonds. The second-order valence-corrected chi connectivity index (χ2v) is 6.82. The molecule has 2 aromatic rings. The number of rotatable bonds is 2. The van der Waals surface area contributed by atoms with E-state index in [4.69, 9.17) is 0 Å². The average molecular weight is 378 g/mol. The molecule has 1 aliphatic heterocycles. The first-order valence-corrected chi connectivity index (χ1v) is 7.52. The van der Waals surface area contributed by atoms with E-state index in [-0.39, 0.29) is 38.9 Å². The Balaban J connectivity index is 0.00000110. The van der Waals surface area contributed by atoms with Gasteiger partial charge in [-0.1, -0.05) is 36.8 Å². The van der Waals surface area contributed by atoms with Crippen molar-refractivity contribution < 1.29 is 36.9 Å². The summed E-state index contributed by atoms with van der Waals surface area (Å²) in [5.41, 5.74) is 2.39. The summed E-state index contributed by atoms with van der Waals surface area (Å²) < 4.78 is 14.1. The van der Waals surface area contributed by atoms with Crippen molar-refractivity contribution in [2.24, 2.45) is 0 Å². The average Bonchev–Trinajstić information content (AvgIpc) is 2.79. The molecule has 0 aliphatic carbocycles. The van der Waals surface area contributed by atoms with E-state index in [1.54, 1.807) is 4.31 Å². The summed E-state index contributed by atoms with van der Waals surface area (Å²) in [5, 5.41) is 6.83. The molecule has 21 heavy (non-hydrogen) atoms. The van der Waals surface area contributed by atoms with Crippen LogP contribution in [0.3, 0.4) is 0 Å². The minimum Gasteiger partial charge on any atom is -0.693 e. The number of hydrogen-bond acceptors (Lipinski definition) is 1. The summed E-state index contributed by atoms with van der Waals surface area (Å²) >= 11 is 0. The van der Waals surface area contributed by atoms with Crippen molar-refractivity contribution in [1.29, 1.82) is 0 Å². The first-order valence-electron chi connectivity index (χ1n) is 6.42. The second kappa shape index (κ2) is 7.29. The molecule has 0 spiro atoms. The third-order valence-electron chi connectivity index (χ3n) is 3.59. The van der Waals surface area contributed by atoms with Gasteiger partial charge in [0.2, 0.25) is 0 Å². The van der Waals surface area contributed by atoms with Crippen LogP contribution >= 0.6 is 0 Å². The van der Waals surface area contributed by atoms with Gasteiger partial charge in [-0.2, -0.15) is 0 Å². The van der Waals surface area contributed by atoms with Gasteiger partial charge in [0.1, 0.15) is 11.0 Å². The van der Waals surface area contributed by atoms with Crippen LogP contribution in [0.1, 0.15) is 18.4 Å². The maximum absolute atomic E-state index is 12.4. The van der Waals surface area contributed by atoms with Crippen molar-refractivity contribution in [2.45, 2.75) is 17.7 Å². The predicted octanol–water partition coefficient (Wildman–Crippen LogP) is 4.26. The fourth-order valence-electron chi connectivity index (χ4n) is 2.67. The molecule has 111 valence electrons. The molecule has 1 heterocycles. The van der Waals surface area contributed by atoms with Crippen molar-refractivity contribution in [3.63, 3.8) is 0 Å². The van der Waals surface area contributed by atoms with E-state index in [1.165, 1.54) is 10.9 Å². The summed E-state index contributed by atoms with van der Waals surface area (Å²) in [6.45, 7) is 3.06. The number of fused-ring (bicyclic) bond motifs is 3.